The summed E-state index contributed by atoms with van der Waals surface area (Å²) in [6, 6.07) is 12.6. The zero-order chi connectivity index (χ0) is 27.9. The molecular formula is C28H27F5N2O3. The van der Waals surface area contributed by atoms with Crippen molar-refractivity contribution in [2.24, 2.45) is 11.3 Å². The monoisotopic (exact) mass is 534 g/mol. The second kappa shape index (κ2) is 9.98. The van der Waals surface area contributed by atoms with Crippen LogP contribution in [0.5, 0.6) is 0 Å². The number of aliphatic hydroxyl groups is 1. The van der Waals surface area contributed by atoms with Crippen LogP contribution in [0.3, 0.4) is 0 Å². The number of rotatable bonds is 3. The Morgan fingerprint density at radius 1 is 1.05 bits per heavy atom. The lowest BCUT2D eigenvalue weighted by molar-refractivity contribution is -0.192. The highest BCUT2D eigenvalue weighted by Gasteiger charge is 2.51. The molecule has 2 aliphatic rings. The van der Waals surface area contributed by atoms with Gasteiger partial charge in [-0.15, -0.1) is 0 Å². The van der Waals surface area contributed by atoms with Gasteiger partial charge in [0.1, 0.15) is 11.6 Å². The summed E-state index contributed by atoms with van der Waals surface area (Å²) in [5.41, 5.74) is 3.49. The fourth-order valence-corrected chi connectivity index (χ4v) is 5.68. The topological polar surface area (TPSA) is 75.3 Å². The lowest BCUT2D eigenvalue weighted by atomic mass is 9.57. The van der Waals surface area contributed by atoms with Crippen LogP contribution in [0, 0.1) is 23.0 Å². The van der Waals surface area contributed by atoms with Crippen molar-refractivity contribution in [3.8, 4) is 11.3 Å². The maximum absolute atomic E-state index is 13.5. The van der Waals surface area contributed by atoms with Gasteiger partial charge in [-0.2, -0.15) is 13.2 Å². The molecule has 0 amide bonds. The number of aromatic nitrogens is 2. The van der Waals surface area contributed by atoms with Crippen molar-refractivity contribution < 1.29 is 37.0 Å². The van der Waals surface area contributed by atoms with Crippen LogP contribution in [0.2, 0.25) is 0 Å². The molecule has 38 heavy (non-hydrogen) atoms. The fraction of sp³-hybridized carbons (Fsp3) is 0.357. The van der Waals surface area contributed by atoms with Crippen LogP contribution in [0.15, 0.2) is 60.4 Å². The number of nitrogens with zero attached hydrogens (tertiary/aromatic N) is 2. The van der Waals surface area contributed by atoms with Gasteiger partial charge in [0.25, 0.3) is 0 Å². The standard InChI is InChI=1S/C26H26F2N2O.C2HF3O2/c1-25-15-30-16-29-24(17-6-10-20(27)11-7-17)22(30)14-19(25)4-3-5-23(25)26(2,31)18-8-12-21(28)13-9-18;3-2(4,5)1(6)7/h6-14,16,23,31H,3-5,15H2,1-2H3;(H,6,7)/t23-,25-,26+;/m0./s1. The van der Waals surface area contributed by atoms with Gasteiger partial charge in [0, 0.05) is 23.4 Å². The number of imidazole rings is 1. The lowest BCUT2D eigenvalue weighted by Crippen LogP contribution is -2.48. The number of alkyl halides is 3. The minimum Gasteiger partial charge on any atom is -0.475 e. The van der Waals surface area contributed by atoms with Gasteiger partial charge in [-0.25, -0.2) is 18.6 Å². The first-order valence-corrected chi connectivity index (χ1v) is 12.0. The molecule has 5 rings (SSSR count). The average molecular weight is 535 g/mol. The number of benzene rings is 2. The van der Waals surface area contributed by atoms with Crippen LogP contribution in [0.4, 0.5) is 22.0 Å². The number of halogens is 5. The molecule has 10 heteroatoms. The summed E-state index contributed by atoms with van der Waals surface area (Å²) < 4.78 is 60.7. The van der Waals surface area contributed by atoms with E-state index in [-0.39, 0.29) is 23.0 Å². The minimum atomic E-state index is -5.08. The minimum absolute atomic E-state index is 0.0183. The van der Waals surface area contributed by atoms with Crippen molar-refractivity contribution in [3.05, 3.63) is 83.3 Å². The van der Waals surface area contributed by atoms with Gasteiger partial charge < -0.3 is 14.8 Å². The van der Waals surface area contributed by atoms with Crippen molar-refractivity contribution in [2.45, 2.75) is 51.4 Å². The predicted molar refractivity (Wildman–Crippen MR) is 131 cm³/mol. The van der Waals surface area contributed by atoms with Gasteiger partial charge in [0.15, 0.2) is 0 Å². The lowest BCUT2D eigenvalue weighted by Gasteiger charge is -2.51. The maximum atomic E-state index is 13.5. The van der Waals surface area contributed by atoms with Crippen molar-refractivity contribution in [3.63, 3.8) is 0 Å². The number of carbonyl (C=O) groups is 1. The summed E-state index contributed by atoms with van der Waals surface area (Å²) in [5, 5.41) is 18.8. The predicted octanol–water partition coefficient (Wildman–Crippen LogP) is 6.57. The zero-order valence-corrected chi connectivity index (χ0v) is 20.8. The van der Waals surface area contributed by atoms with Crippen LogP contribution < -0.4 is 0 Å². The van der Waals surface area contributed by atoms with Gasteiger partial charge in [-0.3, -0.25) is 0 Å². The van der Waals surface area contributed by atoms with Crippen molar-refractivity contribution in [2.75, 3.05) is 0 Å². The average Bonchev–Trinajstić information content (AvgIpc) is 3.24. The third-order valence-electron chi connectivity index (χ3n) is 7.60. The number of hydrogen-bond acceptors (Lipinski definition) is 3. The highest BCUT2D eigenvalue weighted by atomic mass is 19.4. The van der Waals surface area contributed by atoms with E-state index in [0.29, 0.717) is 6.54 Å². The van der Waals surface area contributed by atoms with Crippen molar-refractivity contribution in [1.29, 1.82) is 0 Å². The van der Waals surface area contributed by atoms with Crippen LogP contribution >= 0.6 is 0 Å². The van der Waals surface area contributed by atoms with E-state index < -0.39 is 17.7 Å². The molecule has 202 valence electrons. The van der Waals surface area contributed by atoms with Crippen LogP contribution in [-0.4, -0.2) is 31.9 Å². The van der Waals surface area contributed by atoms with Crippen molar-refractivity contribution in [1.82, 2.24) is 9.55 Å². The number of fused-ring (bicyclic) bond motifs is 2. The van der Waals surface area contributed by atoms with Crippen LogP contribution in [0.1, 0.15) is 44.4 Å². The van der Waals surface area contributed by atoms with E-state index >= 15 is 0 Å². The first-order valence-electron chi connectivity index (χ1n) is 12.0. The van der Waals surface area contributed by atoms with E-state index in [0.717, 1.165) is 41.8 Å². The highest BCUT2D eigenvalue weighted by molar-refractivity contribution is 5.73. The largest absolute Gasteiger partial charge is 0.490 e. The zero-order valence-electron chi connectivity index (χ0n) is 20.8. The SMILES string of the molecule is C[C@]12Cn3cnc(-c4ccc(F)cc4)c3C=C1CCC[C@@H]2[C@](C)(O)c1ccc(F)cc1.O=C(O)C(F)(F)F. The van der Waals surface area contributed by atoms with E-state index in [2.05, 4.69) is 22.6 Å². The summed E-state index contributed by atoms with van der Waals surface area (Å²) in [4.78, 5) is 13.5. The molecule has 1 aromatic heterocycles. The molecule has 0 unspecified atom stereocenters. The van der Waals surface area contributed by atoms with E-state index in [1.807, 2.05) is 13.3 Å². The fourth-order valence-electron chi connectivity index (χ4n) is 5.68. The smallest absolute Gasteiger partial charge is 0.475 e. The molecule has 1 fully saturated rings. The summed E-state index contributed by atoms with van der Waals surface area (Å²) in [5.74, 6) is -3.34. The Bertz CT molecular complexity index is 1340. The van der Waals surface area contributed by atoms with E-state index in [1.165, 1.54) is 29.8 Å². The Kier molecular flexibility index (Phi) is 7.22. The molecule has 1 aliphatic carbocycles. The Labute approximate surface area is 216 Å². The van der Waals surface area contributed by atoms with E-state index in [9.17, 15) is 27.1 Å². The number of hydrogen-bond donors (Lipinski definition) is 2. The van der Waals surface area contributed by atoms with Gasteiger partial charge in [0.05, 0.1) is 23.3 Å². The van der Waals surface area contributed by atoms with Gasteiger partial charge in [0.2, 0.25) is 0 Å². The Morgan fingerprint density at radius 2 is 1.61 bits per heavy atom. The second-order valence-electron chi connectivity index (χ2n) is 10.1. The molecule has 0 spiro atoms. The summed E-state index contributed by atoms with van der Waals surface area (Å²) in [6.45, 7) is 4.79. The molecule has 3 atom stereocenters. The normalized spacial score (nSPS) is 22.2. The van der Waals surface area contributed by atoms with E-state index in [4.69, 9.17) is 9.90 Å². The van der Waals surface area contributed by atoms with Gasteiger partial charge in [-0.1, -0.05) is 24.6 Å². The number of carboxylic acids is 1. The first-order chi connectivity index (χ1) is 17.7. The molecule has 3 aromatic rings. The van der Waals surface area contributed by atoms with Gasteiger partial charge >= 0.3 is 12.1 Å². The molecule has 1 aliphatic heterocycles. The molecule has 5 nitrogen and oxygen atoms in total. The van der Waals surface area contributed by atoms with Crippen LogP contribution in [0.25, 0.3) is 17.3 Å². The molecular weight excluding hydrogens is 507 g/mol. The molecule has 2 N–H and O–H groups in total. The van der Waals surface area contributed by atoms with E-state index in [1.54, 1.807) is 24.3 Å². The molecule has 1 saturated carbocycles. The van der Waals surface area contributed by atoms with Gasteiger partial charge in [-0.05, 0) is 74.2 Å². The second-order valence-corrected chi connectivity index (χ2v) is 10.1. The Balaban J connectivity index is 0.000000426. The number of aliphatic carboxylic acids is 1. The third-order valence-corrected chi connectivity index (χ3v) is 7.60. The number of allylic oxidation sites excluding steroid dienone is 1. The summed E-state index contributed by atoms with van der Waals surface area (Å²) >= 11 is 0. The number of carboxylic acid groups (broad SMARTS) is 1. The maximum Gasteiger partial charge on any atom is 0.490 e. The van der Waals surface area contributed by atoms with Crippen LogP contribution in [-0.2, 0) is 16.9 Å². The molecule has 0 saturated heterocycles. The highest BCUT2D eigenvalue weighted by Crippen LogP contribution is 2.55. The molecule has 0 radical (unpaired) electrons. The molecule has 2 heterocycles. The Hall–Kier alpha value is -3.53. The summed E-state index contributed by atoms with van der Waals surface area (Å²) in [7, 11) is 0. The van der Waals surface area contributed by atoms with Crippen molar-refractivity contribution >= 4 is 12.0 Å². The quantitative estimate of drug-likeness (QED) is 0.373. The summed E-state index contributed by atoms with van der Waals surface area (Å²) in [6.07, 6.45) is 1.82. The first kappa shape index (κ1) is 27.5. The molecule has 2 aromatic carbocycles. The Morgan fingerprint density at radius 3 is 2.16 bits per heavy atom. The third kappa shape index (κ3) is 5.22. The molecule has 0 bridgehead atoms.